The van der Waals surface area contributed by atoms with E-state index < -0.39 is 0 Å². The van der Waals surface area contributed by atoms with Gasteiger partial charge in [-0.15, -0.1) is 11.3 Å². The van der Waals surface area contributed by atoms with Gasteiger partial charge in [0.15, 0.2) is 5.76 Å². The highest BCUT2D eigenvalue weighted by Crippen LogP contribution is 2.33. The zero-order valence-electron chi connectivity index (χ0n) is 11.8. The number of carbonyl (C=O) groups excluding carboxylic acids is 1. The van der Waals surface area contributed by atoms with E-state index in [1.54, 1.807) is 17.4 Å². The summed E-state index contributed by atoms with van der Waals surface area (Å²) in [4.78, 5) is 19.1. The first-order chi connectivity index (χ1) is 9.65. The molecule has 4 nitrogen and oxygen atoms in total. The summed E-state index contributed by atoms with van der Waals surface area (Å²) in [5, 5.41) is 3.09. The molecular formula is C15H18N2O2S. The van der Waals surface area contributed by atoms with Crippen molar-refractivity contribution in [3.8, 4) is 0 Å². The molecule has 0 bridgehead atoms. The van der Waals surface area contributed by atoms with E-state index in [9.17, 15) is 4.79 Å². The first-order valence-corrected chi connectivity index (χ1v) is 7.82. The number of amides is 1. The molecule has 5 heteroatoms. The summed E-state index contributed by atoms with van der Waals surface area (Å²) >= 11 is 1.64. The highest BCUT2D eigenvalue weighted by Gasteiger charge is 2.31. The van der Waals surface area contributed by atoms with Crippen LogP contribution in [0.5, 0.6) is 0 Å². The van der Waals surface area contributed by atoms with Gasteiger partial charge in [0.1, 0.15) is 10.8 Å². The van der Waals surface area contributed by atoms with Gasteiger partial charge < -0.3 is 9.32 Å². The van der Waals surface area contributed by atoms with Crippen molar-refractivity contribution in [2.24, 2.45) is 0 Å². The second kappa shape index (κ2) is 5.40. The normalized spacial score (nSPS) is 19.3. The Balaban J connectivity index is 1.87. The molecule has 20 heavy (non-hydrogen) atoms. The summed E-state index contributed by atoms with van der Waals surface area (Å²) in [5.74, 6) is 1.19. The average molecular weight is 290 g/mol. The molecule has 0 unspecified atom stereocenters. The Hall–Kier alpha value is -1.62. The van der Waals surface area contributed by atoms with E-state index in [-0.39, 0.29) is 11.9 Å². The van der Waals surface area contributed by atoms with Crippen LogP contribution < -0.4 is 0 Å². The van der Waals surface area contributed by atoms with Gasteiger partial charge in [0, 0.05) is 17.6 Å². The Morgan fingerprint density at radius 2 is 2.25 bits per heavy atom. The Morgan fingerprint density at radius 1 is 1.40 bits per heavy atom. The van der Waals surface area contributed by atoms with Gasteiger partial charge in [-0.3, -0.25) is 4.79 Å². The molecule has 106 valence electrons. The Labute approximate surface area is 122 Å². The van der Waals surface area contributed by atoms with Crippen molar-refractivity contribution in [3.63, 3.8) is 0 Å². The third-order valence-electron chi connectivity index (χ3n) is 3.64. The van der Waals surface area contributed by atoms with Crippen molar-refractivity contribution in [1.82, 2.24) is 9.88 Å². The minimum atomic E-state index is -0.0179. The standard InChI is InChI=1S/C15H18N2O2S/c1-10-9-20-14(16-10)12-5-3-4-8-17(12)15(18)13-7-6-11(2)19-13/h6-7,9,12H,3-5,8H2,1-2H3/t12-/m0/s1. The molecule has 0 aliphatic carbocycles. The largest absolute Gasteiger partial charge is 0.456 e. The molecule has 1 aliphatic rings. The van der Waals surface area contributed by atoms with Crippen LogP contribution in [0.3, 0.4) is 0 Å². The molecule has 1 aliphatic heterocycles. The van der Waals surface area contributed by atoms with E-state index in [2.05, 4.69) is 4.98 Å². The molecule has 0 saturated carbocycles. The van der Waals surface area contributed by atoms with Gasteiger partial charge in [0.05, 0.1) is 6.04 Å². The average Bonchev–Trinajstić information content (AvgIpc) is 3.07. The minimum absolute atomic E-state index is 0.0179. The molecule has 1 fully saturated rings. The lowest BCUT2D eigenvalue weighted by Crippen LogP contribution is -2.38. The van der Waals surface area contributed by atoms with Gasteiger partial charge in [0.2, 0.25) is 0 Å². The molecule has 3 heterocycles. The van der Waals surface area contributed by atoms with Crippen LogP contribution in [-0.4, -0.2) is 22.3 Å². The topological polar surface area (TPSA) is 46.3 Å². The van der Waals surface area contributed by atoms with Gasteiger partial charge >= 0.3 is 0 Å². The zero-order valence-corrected chi connectivity index (χ0v) is 12.6. The van der Waals surface area contributed by atoms with E-state index in [0.29, 0.717) is 5.76 Å². The maximum Gasteiger partial charge on any atom is 0.290 e. The van der Waals surface area contributed by atoms with Crippen LogP contribution in [0.15, 0.2) is 21.9 Å². The Bertz CT molecular complexity index is 617. The van der Waals surface area contributed by atoms with E-state index in [4.69, 9.17) is 4.42 Å². The molecule has 0 spiro atoms. The maximum atomic E-state index is 12.6. The zero-order chi connectivity index (χ0) is 14.1. The Morgan fingerprint density at radius 3 is 2.90 bits per heavy atom. The number of likely N-dealkylation sites (tertiary alicyclic amines) is 1. The van der Waals surface area contributed by atoms with Gasteiger partial charge in [-0.1, -0.05) is 0 Å². The molecule has 1 atom stereocenters. The molecule has 0 radical (unpaired) electrons. The lowest BCUT2D eigenvalue weighted by Gasteiger charge is -2.33. The summed E-state index contributed by atoms with van der Waals surface area (Å²) in [6, 6.07) is 3.69. The Kier molecular flexibility index (Phi) is 3.61. The maximum absolute atomic E-state index is 12.6. The van der Waals surface area contributed by atoms with Crippen LogP contribution in [0.1, 0.15) is 52.3 Å². The lowest BCUT2D eigenvalue weighted by atomic mass is 10.0. The van der Waals surface area contributed by atoms with Crippen LogP contribution in [0.2, 0.25) is 0 Å². The predicted octanol–water partition coefficient (Wildman–Crippen LogP) is 3.72. The summed E-state index contributed by atoms with van der Waals surface area (Å²) in [6.07, 6.45) is 3.18. The highest BCUT2D eigenvalue weighted by molar-refractivity contribution is 7.09. The molecule has 2 aromatic heterocycles. The smallest absolute Gasteiger partial charge is 0.290 e. The summed E-state index contributed by atoms with van der Waals surface area (Å²) in [6.45, 7) is 4.63. The number of hydrogen-bond acceptors (Lipinski definition) is 4. The quantitative estimate of drug-likeness (QED) is 0.846. The van der Waals surface area contributed by atoms with Crippen molar-refractivity contribution in [1.29, 1.82) is 0 Å². The van der Waals surface area contributed by atoms with Gasteiger partial charge in [-0.25, -0.2) is 4.98 Å². The minimum Gasteiger partial charge on any atom is -0.456 e. The van der Waals surface area contributed by atoms with E-state index in [0.717, 1.165) is 42.3 Å². The molecule has 1 amide bonds. The fourth-order valence-electron chi connectivity index (χ4n) is 2.65. The molecule has 1 saturated heterocycles. The second-order valence-electron chi connectivity index (χ2n) is 5.25. The fraction of sp³-hybridized carbons (Fsp3) is 0.467. The SMILES string of the molecule is Cc1csc([C@@H]2CCCCN2C(=O)c2ccc(C)o2)n1. The van der Waals surface area contributed by atoms with E-state index >= 15 is 0 Å². The summed E-state index contributed by atoms with van der Waals surface area (Å²) in [7, 11) is 0. The van der Waals surface area contributed by atoms with Crippen LogP contribution in [0, 0.1) is 13.8 Å². The van der Waals surface area contributed by atoms with Crippen LogP contribution in [-0.2, 0) is 0 Å². The fourth-order valence-corrected chi connectivity index (χ4v) is 3.59. The third-order valence-corrected chi connectivity index (χ3v) is 4.70. The van der Waals surface area contributed by atoms with Crippen molar-refractivity contribution in [2.75, 3.05) is 6.54 Å². The monoisotopic (exact) mass is 290 g/mol. The van der Waals surface area contributed by atoms with Crippen LogP contribution >= 0.6 is 11.3 Å². The molecular weight excluding hydrogens is 272 g/mol. The van der Waals surface area contributed by atoms with Crippen LogP contribution in [0.25, 0.3) is 0 Å². The van der Waals surface area contributed by atoms with Crippen molar-refractivity contribution < 1.29 is 9.21 Å². The molecule has 0 aromatic carbocycles. The summed E-state index contributed by atoms with van der Waals surface area (Å²) < 4.78 is 5.48. The highest BCUT2D eigenvalue weighted by atomic mass is 32.1. The first-order valence-electron chi connectivity index (χ1n) is 6.94. The van der Waals surface area contributed by atoms with Gasteiger partial charge in [-0.05, 0) is 45.2 Å². The number of rotatable bonds is 2. The van der Waals surface area contributed by atoms with Crippen molar-refractivity contribution in [3.05, 3.63) is 39.7 Å². The number of nitrogens with zero attached hydrogens (tertiary/aromatic N) is 2. The number of aromatic nitrogens is 1. The number of aryl methyl sites for hydroxylation is 2. The van der Waals surface area contributed by atoms with Gasteiger partial charge in [0.25, 0.3) is 5.91 Å². The number of piperidine rings is 1. The third kappa shape index (κ3) is 2.50. The molecule has 2 aromatic rings. The number of furan rings is 1. The van der Waals surface area contributed by atoms with E-state index in [1.165, 1.54) is 0 Å². The van der Waals surface area contributed by atoms with Crippen molar-refractivity contribution in [2.45, 2.75) is 39.2 Å². The van der Waals surface area contributed by atoms with E-state index in [1.807, 2.05) is 30.2 Å². The van der Waals surface area contributed by atoms with Gasteiger partial charge in [-0.2, -0.15) is 0 Å². The lowest BCUT2D eigenvalue weighted by molar-refractivity contribution is 0.0577. The first kappa shape index (κ1) is 13.4. The predicted molar refractivity (Wildman–Crippen MR) is 77.9 cm³/mol. The second-order valence-corrected chi connectivity index (χ2v) is 6.14. The molecule has 0 N–H and O–H groups in total. The van der Waals surface area contributed by atoms with Crippen LogP contribution in [0.4, 0.5) is 0 Å². The summed E-state index contributed by atoms with van der Waals surface area (Å²) in [5.41, 5.74) is 1.02. The number of thiazole rings is 1. The number of carbonyl (C=O) groups is 1. The number of hydrogen-bond donors (Lipinski definition) is 0. The van der Waals surface area contributed by atoms with Crippen molar-refractivity contribution >= 4 is 17.2 Å². The molecule has 3 rings (SSSR count).